The molecule has 4 bridgehead atoms. The third-order valence-corrected chi connectivity index (χ3v) is 5.19. The second-order valence-electron chi connectivity index (χ2n) is 6.84. The molecule has 4 aliphatic rings. The minimum absolute atomic E-state index is 0.0692. The van der Waals surface area contributed by atoms with Crippen molar-refractivity contribution in [3.05, 3.63) is 0 Å². The lowest BCUT2D eigenvalue weighted by molar-refractivity contribution is -0.260. The van der Waals surface area contributed by atoms with Crippen molar-refractivity contribution >= 4 is 16.1 Å². The van der Waals surface area contributed by atoms with Crippen molar-refractivity contribution in [2.75, 3.05) is 5.75 Å². The van der Waals surface area contributed by atoms with Gasteiger partial charge in [-0.15, -0.1) is 0 Å². The molecule has 114 valence electrons. The van der Waals surface area contributed by atoms with Crippen LogP contribution in [0.3, 0.4) is 0 Å². The van der Waals surface area contributed by atoms with E-state index in [1.54, 1.807) is 0 Å². The fourth-order valence-electron chi connectivity index (χ4n) is 4.78. The quantitative estimate of drug-likeness (QED) is 0.480. The molecule has 4 fully saturated rings. The Labute approximate surface area is 116 Å². The van der Waals surface area contributed by atoms with Gasteiger partial charge in [-0.3, -0.25) is 9.35 Å². The van der Waals surface area contributed by atoms with Crippen molar-refractivity contribution in [3.63, 3.8) is 0 Å². The molecule has 4 saturated carbocycles. The Morgan fingerprint density at radius 2 is 1.65 bits per heavy atom. The number of carbonyl (C=O) groups is 1. The predicted octanol–water partition coefficient (Wildman–Crippen LogP) is -0.384. The van der Waals surface area contributed by atoms with Gasteiger partial charge in [0.05, 0.1) is 11.2 Å². The summed E-state index contributed by atoms with van der Waals surface area (Å²) in [6.45, 7) is 0. The fraction of sp³-hybridized carbons (Fsp3) is 0.917. The van der Waals surface area contributed by atoms with Crippen molar-refractivity contribution in [1.82, 2.24) is 0 Å². The molecule has 4 aliphatic carbocycles. The van der Waals surface area contributed by atoms with Gasteiger partial charge in [-0.25, -0.2) is 0 Å². The monoisotopic (exact) mass is 306 g/mol. The van der Waals surface area contributed by atoms with Gasteiger partial charge in [0.1, 0.15) is 5.60 Å². The van der Waals surface area contributed by atoms with Crippen LogP contribution in [0.25, 0.3) is 0 Å². The zero-order chi connectivity index (χ0) is 14.8. The second kappa shape index (κ2) is 3.94. The maximum absolute atomic E-state index is 11.6. The molecule has 4 rings (SSSR count). The first-order valence-corrected chi connectivity index (χ1v) is 8.23. The molecule has 0 aliphatic heterocycles. The molecule has 20 heavy (non-hydrogen) atoms. The minimum atomic E-state index is -4.44. The highest BCUT2D eigenvalue weighted by Crippen LogP contribution is 2.60. The Bertz CT molecular complexity index is 536. The summed E-state index contributed by atoms with van der Waals surface area (Å²) in [7, 11) is -4.44. The number of aliphatic hydroxyl groups is 2. The molecule has 0 spiro atoms. The highest BCUT2D eigenvalue weighted by atomic mass is 32.2. The van der Waals surface area contributed by atoms with E-state index in [1.165, 1.54) is 0 Å². The first kappa shape index (κ1) is 14.2. The van der Waals surface area contributed by atoms with Crippen LogP contribution in [-0.4, -0.2) is 51.7 Å². The molecule has 8 heteroatoms. The van der Waals surface area contributed by atoms with Crippen LogP contribution in [0.2, 0.25) is 0 Å². The largest absolute Gasteiger partial charge is 0.458 e. The Morgan fingerprint density at radius 3 is 2.10 bits per heavy atom. The second-order valence-corrected chi connectivity index (χ2v) is 8.29. The molecule has 0 aromatic heterocycles. The number of hydrogen-bond acceptors (Lipinski definition) is 6. The summed E-state index contributed by atoms with van der Waals surface area (Å²) < 4.78 is 35.4. The molecule has 0 saturated heterocycles. The van der Waals surface area contributed by atoms with Gasteiger partial charge in [0.2, 0.25) is 0 Å². The van der Waals surface area contributed by atoms with Gasteiger partial charge in [-0.2, -0.15) is 8.42 Å². The van der Waals surface area contributed by atoms with Crippen molar-refractivity contribution in [2.24, 2.45) is 5.92 Å². The van der Waals surface area contributed by atoms with E-state index in [9.17, 15) is 23.4 Å². The molecule has 7 nitrogen and oxygen atoms in total. The maximum atomic E-state index is 11.6. The SMILES string of the molecule is O=C(CS(=O)(=O)O)OC12CC3CC(O)(CC(O)(C3)C1)C2. The van der Waals surface area contributed by atoms with E-state index in [0.717, 1.165) is 0 Å². The van der Waals surface area contributed by atoms with Gasteiger partial charge < -0.3 is 14.9 Å². The Morgan fingerprint density at radius 1 is 1.10 bits per heavy atom. The average molecular weight is 306 g/mol. The lowest BCUT2D eigenvalue weighted by Crippen LogP contribution is -2.67. The number of carbonyl (C=O) groups excluding carboxylic acids is 1. The normalized spacial score (nSPS) is 46.5. The van der Waals surface area contributed by atoms with Gasteiger partial charge in [0.25, 0.3) is 10.1 Å². The summed E-state index contributed by atoms with van der Waals surface area (Å²) in [5.74, 6) is -2.07. The zero-order valence-electron chi connectivity index (χ0n) is 10.9. The van der Waals surface area contributed by atoms with Crippen LogP contribution in [0, 0.1) is 5.92 Å². The van der Waals surface area contributed by atoms with Crippen LogP contribution in [0.4, 0.5) is 0 Å². The highest BCUT2D eigenvalue weighted by molar-refractivity contribution is 7.86. The van der Waals surface area contributed by atoms with Gasteiger partial charge in [-0.1, -0.05) is 0 Å². The molecule has 0 amide bonds. The molecule has 0 aromatic carbocycles. The summed E-state index contributed by atoms with van der Waals surface area (Å²) >= 11 is 0. The van der Waals surface area contributed by atoms with E-state index < -0.39 is 38.6 Å². The van der Waals surface area contributed by atoms with Crippen LogP contribution >= 0.6 is 0 Å². The molecule has 2 atom stereocenters. The van der Waals surface area contributed by atoms with Crippen molar-refractivity contribution < 1.29 is 32.7 Å². The van der Waals surface area contributed by atoms with E-state index in [-0.39, 0.29) is 25.2 Å². The lowest BCUT2D eigenvalue weighted by atomic mass is 9.50. The molecule has 0 heterocycles. The molecule has 0 radical (unpaired) electrons. The summed E-state index contributed by atoms with van der Waals surface area (Å²) in [5.41, 5.74) is -3.11. The summed E-state index contributed by atoms with van der Waals surface area (Å²) in [6.07, 6.45) is 2.38. The topological polar surface area (TPSA) is 121 Å². The van der Waals surface area contributed by atoms with E-state index in [4.69, 9.17) is 9.29 Å². The maximum Gasteiger partial charge on any atom is 0.324 e. The fourth-order valence-corrected chi connectivity index (χ4v) is 5.14. The highest BCUT2D eigenvalue weighted by Gasteiger charge is 2.64. The predicted molar refractivity (Wildman–Crippen MR) is 66.3 cm³/mol. The van der Waals surface area contributed by atoms with E-state index >= 15 is 0 Å². The van der Waals surface area contributed by atoms with Crippen LogP contribution < -0.4 is 0 Å². The Kier molecular flexibility index (Phi) is 2.80. The van der Waals surface area contributed by atoms with Crippen LogP contribution in [0.5, 0.6) is 0 Å². The molecular weight excluding hydrogens is 288 g/mol. The third kappa shape index (κ3) is 2.57. The molecule has 0 aromatic rings. The summed E-state index contributed by atoms with van der Waals surface area (Å²) in [4.78, 5) is 11.6. The van der Waals surface area contributed by atoms with Crippen molar-refractivity contribution in [3.8, 4) is 0 Å². The van der Waals surface area contributed by atoms with Crippen molar-refractivity contribution in [1.29, 1.82) is 0 Å². The van der Waals surface area contributed by atoms with Gasteiger partial charge >= 0.3 is 5.97 Å². The first-order valence-electron chi connectivity index (χ1n) is 6.62. The average Bonchev–Trinajstić information content (AvgIpc) is 2.04. The Balaban J connectivity index is 1.81. The number of esters is 1. The number of rotatable bonds is 3. The third-order valence-electron chi connectivity index (χ3n) is 4.59. The van der Waals surface area contributed by atoms with Crippen LogP contribution in [0.15, 0.2) is 0 Å². The first-order chi connectivity index (χ1) is 9.01. The standard InChI is InChI=1S/C12H18O7S/c13-9(4-20(16,17)18)19-12-3-8-1-10(14,6-12)5-11(15,2-8)7-12/h8,14-15H,1-7H2,(H,16,17,18). The van der Waals surface area contributed by atoms with Crippen LogP contribution in [-0.2, 0) is 19.6 Å². The van der Waals surface area contributed by atoms with E-state index in [1.807, 2.05) is 0 Å². The molecule has 3 N–H and O–H groups in total. The number of ether oxygens (including phenoxy) is 1. The Hall–Kier alpha value is -0.700. The van der Waals surface area contributed by atoms with Gasteiger partial charge in [0, 0.05) is 19.3 Å². The van der Waals surface area contributed by atoms with Gasteiger partial charge in [0.15, 0.2) is 5.75 Å². The molecule has 2 unspecified atom stereocenters. The molecular formula is C12H18O7S. The summed E-state index contributed by atoms with van der Waals surface area (Å²) in [5, 5.41) is 20.9. The lowest BCUT2D eigenvalue weighted by Gasteiger charge is -2.62. The minimum Gasteiger partial charge on any atom is -0.458 e. The summed E-state index contributed by atoms with van der Waals surface area (Å²) in [6, 6.07) is 0. The van der Waals surface area contributed by atoms with E-state index in [0.29, 0.717) is 19.3 Å². The number of hydrogen-bond donors (Lipinski definition) is 3. The van der Waals surface area contributed by atoms with Gasteiger partial charge in [-0.05, 0) is 25.2 Å². The van der Waals surface area contributed by atoms with Crippen molar-refractivity contribution in [2.45, 2.75) is 55.3 Å². The van der Waals surface area contributed by atoms with E-state index in [2.05, 4.69) is 0 Å². The smallest absolute Gasteiger partial charge is 0.324 e. The zero-order valence-corrected chi connectivity index (χ0v) is 11.7. The van der Waals surface area contributed by atoms with Crippen LogP contribution in [0.1, 0.15) is 38.5 Å².